The molecule has 1 aliphatic rings. The Bertz CT molecular complexity index is 755. The van der Waals surface area contributed by atoms with Crippen LogP contribution in [0, 0.1) is 0 Å². The molecule has 8 heteroatoms. The highest BCUT2D eigenvalue weighted by Gasteiger charge is 2.17. The number of piperazine rings is 1. The van der Waals surface area contributed by atoms with Crippen molar-refractivity contribution in [1.29, 1.82) is 0 Å². The van der Waals surface area contributed by atoms with Gasteiger partial charge in [-0.1, -0.05) is 18.2 Å². The van der Waals surface area contributed by atoms with Crippen molar-refractivity contribution in [2.75, 3.05) is 39.0 Å². The van der Waals surface area contributed by atoms with Crippen LogP contribution in [0.15, 0.2) is 47.7 Å². The molecule has 0 unspecified atom stereocenters. The Balaban J connectivity index is 1.83. The second-order valence-corrected chi connectivity index (χ2v) is 6.25. The second kappa shape index (κ2) is 8.00. The van der Waals surface area contributed by atoms with E-state index >= 15 is 0 Å². The molecule has 0 saturated carbocycles. The van der Waals surface area contributed by atoms with Gasteiger partial charge in [0, 0.05) is 43.6 Å². The van der Waals surface area contributed by atoms with Crippen molar-refractivity contribution in [1.82, 2.24) is 25.4 Å². The van der Waals surface area contributed by atoms with Crippen LogP contribution in [0.4, 0.5) is 5.69 Å². The van der Waals surface area contributed by atoms with Gasteiger partial charge in [-0.2, -0.15) is 10.2 Å². The number of thiocarbonyl (C=S) groups is 1. The first-order chi connectivity index (χ1) is 12.1. The van der Waals surface area contributed by atoms with Gasteiger partial charge in [0.1, 0.15) is 11.4 Å². The van der Waals surface area contributed by atoms with Crippen LogP contribution in [-0.2, 0) is 0 Å². The van der Waals surface area contributed by atoms with Gasteiger partial charge >= 0.3 is 0 Å². The van der Waals surface area contributed by atoms with Crippen LogP contribution in [-0.4, -0.2) is 64.0 Å². The van der Waals surface area contributed by atoms with E-state index in [4.69, 9.17) is 18.0 Å². The largest absolute Gasteiger partial charge is 0.398 e. The zero-order valence-electron chi connectivity index (χ0n) is 14.1. The van der Waals surface area contributed by atoms with E-state index in [-0.39, 0.29) is 0 Å². The van der Waals surface area contributed by atoms with Gasteiger partial charge in [-0.05, 0) is 37.5 Å². The fourth-order valence-corrected chi connectivity index (χ4v) is 2.81. The fourth-order valence-electron chi connectivity index (χ4n) is 2.58. The Morgan fingerprint density at radius 2 is 1.92 bits per heavy atom. The highest BCUT2D eigenvalue weighted by atomic mass is 32.1. The topological polar surface area (TPSA) is 82.7 Å². The number of likely N-dealkylation sites (N-methyl/N-ethyl adjacent to an activating group) is 1. The van der Waals surface area contributed by atoms with Crippen molar-refractivity contribution in [3.05, 3.63) is 53.9 Å². The van der Waals surface area contributed by atoms with Crippen molar-refractivity contribution in [2.45, 2.75) is 0 Å². The van der Waals surface area contributed by atoms with Gasteiger partial charge in [0.2, 0.25) is 0 Å². The molecule has 7 nitrogen and oxygen atoms in total. The number of hydrogen-bond donors (Lipinski definition) is 2. The van der Waals surface area contributed by atoms with Crippen LogP contribution in [0.25, 0.3) is 0 Å². The minimum absolute atomic E-state index is 0.601. The van der Waals surface area contributed by atoms with E-state index in [0.29, 0.717) is 22.2 Å². The number of para-hydroxylation sites is 1. The van der Waals surface area contributed by atoms with Crippen LogP contribution < -0.4 is 11.2 Å². The van der Waals surface area contributed by atoms with Crippen LogP contribution in [0.2, 0.25) is 0 Å². The summed E-state index contributed by atoms with van der Waals surface area (Å²) in [6.07, 6.45) is 1.62. The number of hydrazone groups is 1. The molecule has 2 aromatic rings. The molecule has 0 radical (unpaired) electrons. The molecule has 1 fully saturated rings. The maximum absolute atomic E-state index is 6.12. The molecule has 0 atom stereocenters. The third-order valence-corrected chi connectivity index (χ3v) is 4.43. The van der Waals surface area contributed by atoms with Crippen LogP contribution in [0.3, 0.4) is 0 Å². The summed E-state index contributed by atoms with van der Waals surface area (Å²) in [5.74, 6) is 0. The number of rotatable bonds is 3. The molecule has 25 heavy (non-hydrogen) atoms. The molecule has 0 spiro atoms. The van der Waals surface area contributed by atoms with Gasteiger partial charge in [-0.3, -0.25) is 5.43 Å². The van der Waals surface area contributed by atoms with Gasteiger partial charge < -0.3 is 15.5 Å². The predicted molar refractivity (Wildman–Crippen MR) is 103 cm³/mol. The Morgan fingerprint density at radius 1 is 1.16 bits per heavy atom. The molecule has 0 amide bonds. The number of hydrogen-bond acceptors (Lipinski definition) is 6. The SMILES string of the molecule is CN1CCN(C(=S)N/N=C(\c2cccnn2)c2ccccc2N)CC1. The Kier molecular flexibility index (Phi) is 5.52. The monoisotopic (exact) mass is 355 g/mol. The quantitative estimate of drug-likeness (QED) is 0.367. The lowest BCUT2D eigenvalue weighted by atomic mass is 10.1. The summed E-state index contributed by atoms with van der Waals surface area (Å²) in [6.45, 7) is 3.72. The highest BCUT2D eigenvalue weighted by molar-refractivity contribution is 7.80. The molecule has 1 aliphatic heterocycles. The molecule has 3 rings (SSSR count). The first kappa shape index (κ1) is 17.2. The Morgan fingerprint density at radius 3 is 2.60 bits per heavy atom. The number of nitrogens with zero attached hydrogens (tertiary/aromatic N) is 5. The van der Waals surface area contributed by atoms with Gasteiger partial charge in [0.15, 0.2) is 5.11 Å². The standard InChI is InChI=1S/C17H21N7S/c1-23-9-11-24(12-10-23)17(25)22-21-16(15-7-4-8-19-20-15)13-5-2-3-6-14(13)18/h2-8H,9-12,18H2,1H3,(H,22,25)/b21-16-. The van der Waals surface area contributed by atoms with Crippen molar-refractivity contribution >= 4 is 28.7 Å². The summed E-state index contributed by atoms with van der Waals surface area (Å²) in [4.78, 5) is 4.39. The first-order valence-corrected chi connectivity index (χ1v) is 8.50. The molecule has 0 bridgehead atoms. The maximum Gasteiger partial charge on any atom is 0.189 e. The number of nitrogen functional groups attached to an aromatic ring is 1. The fraction of sp³-hybridized carbons (Fsp3) is 0.294. The highest BCUT2D eigenvalue weighted by Crippen LogP contribution is 2.15. The van der Waals surface area contributed by atoms with E-state index in [1.54, 1.807) is 6.20 Å². The molecular formula is C17H21N7S. The van der Waals surface area contributed by atoms with E-state index in [0.717, 1.165) is 31.7 Å². The van der Waals surface area contributed by atoms with Crippen molar-refractivity contribution in [3.63, 3.8) is 0 Å². The summed E-state index contributed by atoms with van der Waals surface area (Å²) >= 11 is 5.49. The van der Waals surface area contributed by atoms with E-state index in [9.17, 15) is 0 Å². The van der Waals surface area contributed by atoms with Gasteiger partial charge in [-0.25, -0.2) is 0 Å². The second-order valence-electron chi connectivity index (χ2n) is 5.86. The van der Waals surface area contributed by atoms with Gasteiger partial charge in [-0.15, -0.1) is 5.10 Å². The Hall–Kier alpha value is -2.58. The van der Waals surface area contributed by atoms with E-state index in [1.165, 1.54) is 0 Å². The third kappa shape index (κ3) is 4.28. The molecule has 1 aromatic heterocycles. The van der Waals surface area contributed by atoms with Crippen molar-refractivity contribution in [2.24, 2.45) is 5.10 Å². The number of aromatic nitrogens is 2. The molecular weight excluding hydrogens is 334 g/mol. The van der Waals surface area contributed by atoms with Crippen LogP contribution in [0.1, 0.15) is 11.3 Å². The normalized spacial score (nSPS) is 15.9. The zero-order chi connectivity index (χ0) is 17.6. The van der Waals surface area contributed by atoms with Crippen molar-refractivity contribution < 1.29 is 0 Å². The first-order valence-electron chi connectivity index (χ1n) is 8.09. The smallest absolute Gasteiger partial charge is 0.189 e. The zero-order valence-corrected chi connectivity index (χ0v) is 14.9. The van der Waals surface area contributed by atoms with Gasteiger partial charge in [0.25, 0.3) is 0 Å². The predicted octanol–water partition coefficient (Wildman–Crippen LogP) is 0.933. The summed E-state index contributed by atoms with van der Waals surface area (Å²) < 4.78 is 0. The maximum atomic E-state index is 6.12. The van der Waals surface area contributed by atoms with Crippen LogP contribution >= 0.6 is 12.2 Å². The molecule has 1 aromatic carbocycles. The van der Waals surface area contributed by atoms with E-state index in [1.807, 2.05) is 36.4 Å². The van der Waals surface area contributed by atoms with Crippen LogP contribution in [0.5, 0.6) is 0 Å². The number of anilines is 1. The Labute approximate surface area is 152 Å². The minimum atomic E-state index is 0.601. The molecule has 130 valence electrons. The third-order valence-electron chi connectivity index (χ3n) is 4.08. The lowest BCUT2D eigenvalue weighted by Crippen LogP contribution is -2.49. The average Bonchev–Trinajstić information content (AvgIpc) is 2.64. The lowest BCUT2D eigenvalue weighted by Gasteiger charge is -2.33. The summed E-state index contributed by atoms with van der Waals surface area (Å²) in [5.41, 5.74) is 11.8. The van der Waals surface area contributed by atoms with Crippen molar-refractivity contribution in [3.8, 4) is 0 Å². The van der Waals surface area contributed by atoms with Gasteiger partial charge in [0.05, 0.1) is 0 Å². The molecule has 0 aliphatic carbocycles. The minimum Gasteiger partial charge on any atom is -0.398 e. The number of nitrogens with two attached hydrogens (primary N) is 1. The number of nitrogens with one attached hydrogen (secondary N) is 1. The summed E-state index contributed by atoms with van der Waals surface area (Å²) in [7, 11) is 2.11. The summed E-state index contributed by atoms with van der Waals surface area (Å²) in [5, 5.41) is 13.2. The molecule has 2 heterocycles. The van der Waals surface area contributed by atoms with E-state index < -0.39 is 0 Å². The average molecular weight is 355 g/mol. The molecule has 1 saturated heterocycles. The lowest BCUT2D eigenvalue weighted by molar-refractivity contribution is 0.214. The van der Waals surface area contributed by atoms with E-state index in [2.05, 4.69) is 37.6 Å². The summed E-state index contributed by atoms with van der Waals surface area (Å²) in [6, 6.07) is 11.2. The molecule has 3 N–H and O–H groups in total. The number of benzene rings is 1.